The lowest BCUT2D eigenvalue weighted by Gasteiger charge is -2.18. The molecular weight excluding hydrogens is 631 g/mol. The minimum atomic E-state index is -5.05. The number of carbonyl (C=O) groups excluding carboxylic acids is 1. The van der Waals surface area contributed by atoms with Crippen LogP contribution in [0.5, 0.6) is 0 Å². The van der Waals surface area contributed by atoms with Gasteiger partial charge in [0.15, 0.2) is 11.2 Å². The fraction of sp³-hybridized carbons (Fsp3) is 0.188. The van der Waals surface area contributed by atoms with Gasteiger partial charge in [-0.3, -0.25) is 9.69 Å². The van der Waals surface area contributed by atoms with Gasteiger partial charge in [0.25, 0.3) is 5.56 Å². The number of halogens is 3. The number of benzene rings is 3. The molecule has 4 N–H and O–H groups in total. The molecule has 1 saturated heterocycles. The zero-order chi connectivity index (χ0) is 33.6. The summed E-state index contributed by atoms with van der Waals surface area (Å²) in [5.74, 6) is -0.0341. The van der Waals surface area contributed by atoms with E-state index < -0.39 is 40.2 Å². The predicted octanol–water partition coefficient (Wildman–Crippen LogP) is 4.87. The van der Waals surface area contributed by atoms with Crippen LogP contribution in [0.4, 0.5) is 29.7 Å². The van der Waals surface area contributed by atoms with Crippen molar-refractivity contribution in [3.8, 4) is 28.3 Å². The number of amides is 1. The fourth-order valence-corrected chi connectivity index (χ4v) is 5.82. The number of aromatic amines is 1. The molecule has 0 atom stereocenters. The average Bonchev–Trinajstić information content (AvgIpc) is 3.82. The summed E-state index contributed by atoms with van der Waals surface area (Å²) in [4.78, 5) is 44.4. The van der Waals surface area contributed by atoms with Gasteiger partial charge in [-0.15, -0.1) is 5.10 Å². The van der Waals surface area contributed by atoms with Crippen molar-refractivity contribution in [2.24, 2.45) is 0 Å². The van der Waals surface area contributed by atoms with Crippen LogP contribution in [-0.2, 0) is 12.7 Å². The maximum atomic E-state index is 14.0. The summed E-state index contributed by atoms with van der Waals surface area (Å²) in [6, 6.07) is 19.1. The largest absolute Gasteiger partial charge is 0.437 e. The van der Waals surface area contributed by atoms with Crippen LogP contribution in [-0.4, -0.2) is 53.5 Å². The van der Waals surface area contributed by atoms with E-state index in [0.717, 1.165) is 36.3 Å². The molecule has 1 amide bonds. The number of nitrogens with one attached hydrogen (secondary N) is 2. The van der Waals surface area contributed by atoms with Gasteiger partial charge >= 0.3 is 23.9 Å². The molecule has 6 aromatic rings. The molecule has 1 aliphatic heterocycles. The lowest BCUT2D eigenvalue weighted by molar-refractivity contribution is -0.140. The molecule has 0 bridgehead atoms. The van der Waals surface area contributed by atoms with Crippen LogP contribution in [0.25, 0.3) is 39.3 Å². The Morgan fingerprint density at radius 1 is 0.958 bits per heavy atom. The van der Waals surface area contributed by atoms with Crippen molar-refractivity contribution in [3.05, 3.63) is 105 Å². The summed E-state index contributed by atoms with van der Waals surface area (Å²) in [5, 5.41) is 13.4. The number of aromatic nitrogens is 6. The van der Waals surface area contributed by atoms with E-state index >= 15 is 0 Å². The second-order valence-corrected chi connectivity index (χ2v) is 11.2. The van der Waals surface area contributed by atoms with Gasteiger partial charge in [-0.25, -0.2) is 14.3 Å². The molecule has 3 aromatic carbocycles. The maximum absolute atomic E-state index is 14.0. The van der Waals surface area contributed by atoms with Crippen molar-refractivity contribution < 1.29 is 22.4 Å². The Hall–Kier alpha value is -6.03. The second kappa shape index (κ2) is 12.0. The third kappa shape index (κ3) is 5.72. The number of nitrogens with two attached hydrogens (primary N) is 1. The smallest absolute Gasteiger partial charge is 0.404 e. The van der Waals surface area contributed by atoms with Gasteiger partial charge in [-0.1, -0.05) is 47.6 Å². The van der Waals surface area contributed by atoms with Gasteiger partial charge in [0, 0.05) is 17.8 Å². The molecule has 16 heteroatoms. The molecule has 0 unspecified atom stereocenters. The third-order valence-corrected chi connectivity index (χ3v) is 8.03. The highest BCUT2D eigenvalue weighted by molar-refractivity contribution is 5.93. The number of nitrogens with zero attached hydrogens (tertiary/aromatic N) is 6. The lowest BCUT2D eigenvalue weighted by Crippen LogP contribution is -2.42. The highest BCUT2D eigenvalue weighted by Crippen LogP contribution is 2.33. The summed E-state index contributed by atoms with van der Waals surface area (Å²) in [6.07, 6.45) is -2.71. The van der Waals surface area contributed by atoms with Gasteiger partial charge in [0.05, 0.1) is 5.69 Å². The van der Waals surface area contributed by atoms with E-state index in [0.29, 0.717) is 4.68 Å². The quantitative estimate of drug-likeness (QED) is 0.226. The molecule has 244 valence electrons. The topological polar surface area (TPSA) is 170 Å². The minimum Gasteiger partial charge on any atom is -0.404 e. The van der Waals surface area contributed by atoms with Crippen LogP contribution in [0.2, 0.25) is 0 Å². The Morgan fingerprint density at radius 3 is 2.42 bits per heavy atom. The normalized spacial score (nSPS) is 13.7. The van der Waals surface area contributed by atoms with Gasteiger partial charge in [0.2, 0.25) is 5.89 Å². The van der Waals surface area contributed by atoms with Crippen molar-refractivity contribution >= 4 is 28.8 Å². The molecular formula is C32H26F3N9O4. The molecule has 1 fully saturated rings. The Kier molecular flexibility index (Phi) is 7.63. The number of nitrogen functional groups attached to an aromatic ring is 1. The Bertz CT molecular complexity index is 2280. The number of alkyl halides is 3. The third-order valence-electron chi connectivity index (χ3n) is 8.03. The van der Waals surface area contributed by atoms with Crippen molar-refractivity contribution in [1.82, 2.24) is 34.4 Å². The highest BCUT2D eigenvalue weighted by Gasteiger charge is 2.39. The van der Waals surface area contributed by atoms with Crippen LogP contribution in [0.3, 0.4) is 0 Å². The molecule has 3 aromatic heterocycles. The minimum absolute atomic E-state index is 0.0264. The molecule has 4 heterocycles. The van der Waals surface area contributed by atoms with E-state index in [4.69, 9.17) is 10.2 Å². The zero-order valence-corrected chi connectivity index (χ0v) is 25.0. The molecule has 1 aliphatic rings. The molecule has 0 radical (unpaired) electrons. The van der Waals surface area contributed by atoms with E-state index in [2.05, 4.69) is 31.6 Å². The van der Waals surface area contributed by atoms with Crippen LogP contribution in [0.15, 0.2) is 86.8 Å². The van der Waals surface area contributed by atoms with Crippen molar-refractivity contribution in [3.63, 3.8) is 0 Å². The number of H-pyrrole nitrogens is 1. The number of rotatable bonds is 6. The van der Waals surface area contributed by atoms with Gasteiger partial charge < -0.3 is 20.5 Å². The number of anilines is 2. The molecule has 48 heavy (non-hydrogen) atoms. The molecule has 0 aliphatic carbocycles. The van der Waals surface area contributed by atoms with Crippen molar-refractivity contribution in [1.29, 1.82) is 0 Å². The summed E-state index contributed by atoms with van der Waals surface area (Å²) >= 11 is 0. The van der Waals surface area contributed by atoms with Crippen LogP contribution in [0.1, 0.15) is 24.1 Å². The first-order valence-corrected chi connectivity index (χ1v) is 14.8. The second-order valence-electron chi connectivity index (χ2n) is 11.2. The first-order chi connectivity index (χ1) is 23.1. The maximum Gasteiger partial charge on any atom is 0.437 e. The van der Waals surface area contributed by atoms with E-state index in [9.17, 15) is 27.6 Å². The van der Waals surface area contributed by atoms with E-state index in [1.165, 1.54) is 37.1 Å². The van der Waals surface area contributed by atoms with Crippen molar-refractivity contribution in [2.45, 2.75) is 25.6 Å². The highest BCUT2D eigenvalue weighted by atomic mass is 19.4. The Labute approximate surface area is 268 Å². The van der Waals surface area contributed by atoms with Crippen LogP contribution in [0, 0.1) is 0 Å². The number of likely N-dealkylation sites (tertiary alicyclic amines) is 1. The molecule has 0 saturated carbocycles. The first-order valence-electron chi connectivity index (χ1n) is 14.8. The lowest BCUT2D eigenvalue weighted by atomic mass is 9.99. The molecule has 7 rings (SSSR count). The number of hydrogen-bond acceptors (Lipinski definition) is 9. The predicted molar refractivity (Wildman–Crippen MR) is 169 cm³/mol. The summed E-state index contributed by atoms with van der Waals surface area (Å²) in [7, 11) is 0. The first kappa shape index (κ1) is 30.6. The number of hydrogen-bond donors (Lipinski definition) is 3. The fourth-order valence-electron chi connectivity index (χ4n) is 5.82. The Morgan fingerprint density at radius 2 is 1.71 bits per heavy atom. The monoisotopic (exact) mass is 657 g/mol. The zero-order valence-electron chi connectivity index (χ0n) is 25.0. The van der Waals surface area contributed by atoms with E-state index in [1.807, 2.05) is 23.2 Å². The Balaban J connectivity index is 1.23. The van der Waals surface area contributed by atoms with Gasteiger partial charge in [-0.2, -0.15) is 22.8 Å². The SMILES string of the molecule is Nc1nnc(-c2cccc(-n3nc(C(F)(F)F)c4[nH]c(=O)n(C(=O)Nc5ccc(-c6ccccc6CN6CCCC6)cc5)c(=O)c43)c2)o1. The summed E-state index contributed by atoms with van der Waals surface area (Å²) in [5.41, 5.74) is 3.27. The standard InChI is InChI=1S/C32H26F3N9O4/c33-32(34,35)26-24-25(44(41-26)22-8-5-7-19(16-22)27-39-40-29(36)48-27)28(45)43(31(47)38-24)30(46)37-21-12-10-18(11-13-21)23-9-2-1-6-20(23)17-42-14-3-4-15-42/h1-2,5-13,16H,3-4,14-15,17H2,(H2,36,40)(H,37,46)(H,38,47). The number of fused-ring (bicyclic) bond motifs is 1. The number of carbonyl (C=O) groups is 1. The van der Waals surface area contributed by atoms with Crippen molar-refractivity contribution in [2.75, 3.05) is 24.1 Å². The van der Waals surface area contributed by atoms with Gasteiger partial charge in [-0.05, 0) is 73.0 Å². The van der Waals surface area contributed by atoms with Crippen LogP contribution < -0.4 is 22.3 Å². The van der Waals surface area contributed by atoms with Crippen LogP contribution >= 0.6 is 0 Å². The van der Waals surface area contributed by atoms with Gasteiger partial charge in [0.1, 0.15) is 5.52 Å². The summed E-state index contributed by atoms with van der Waals surface area (Å²) in [6.45, 7) is 2.90. The molecule has 0 spiro atoms. The summed E-state index contributed by atoms with van der Waals surface area (Å²) < 4.78 is 48.2. The average molecular weight is 658 g/mol. The molecule has 13 nitrogen and oxygen atoms in total. The van der Waals surface area contributed by atoms with E-state index in [1.54, 1.807) is 24.3 Å². The van der Waals surface area contributed by atoms with E-state index in [-0.39, 0.29) is 33.4 Å².